The predicted molar refractivity (Wildman–Crippen MR) is 76.3 cm³/mol. The highest BCUT2D eigenvalue weighted by Crippen LogP contribution is 2.18. The molecule has 2 atom stereocenters. The number of carbonyl (C=O) groups is 1. The van der Waals surface area contributed by atoms with Gasteiger partial charge in [0.2, 0.25) is 5.91 Å². The van der Waals surface area contributed by atoms with E-state index in [2.05, 4.69) is 45.6 Å². The van der Waals surface area contributed by atoms with Crippen LogP contribution in [0.5, 0.6) is 0 Å². The molecule has 1 aromatic rings. The van der Waals surface area contributed by atoms with Crippen molar-refractivity contribution >= 4 is 21.8 Å². The molecular weight excluding hydrogens is 292 g/mol. The Morgan fingerprint density at radius 1 is 1.39 bits per heavy atom. The molecule has 1 heterocycles. The molecule has 0 radical (unpaired) electrons. The molecule has 0 aliphatic carbocycles. The van der Waals surface area contributed by atoms with Crippen molar-refractivity contribution in [1.29, 1.82) is 0 Å². The van der Waals surface area contributed by atoms with E-state index in [1.54, 1.807) is 0 Å². The zero-order chi connectivity index (χ0) is 13.0. The average Bonchev–Trinajstić information content (AvgIpc) is 2.54. The highest BCUT2D eigenvalue weighted by atomic mass is 79.9. The molecule has 1 amide bonds. The lowest BCUT2D eigenvalue weighted by atomic mass is 10.0. The minimum absolute atomic E-state index is 0.160. The highest BCUT2D eigenvalue weighted by Gasteiger charge is 2.19. The first-order valence-corrected chi connectivity index (χ1v) is 7.22. The second kappa shape index (κ2) is 6.34. The van der Waals surface area contributed by atoms with Crippen LogP contribution in [-0.4, -0.2) is 18.5 Å². The van der Waals surface area contributed by atoms with E-state index in [0.29, 0.717) is 6.42 Å². The molecule has 98 valence electrons. The molecule has 2 N–H and O–H groups in total. The van der Waals surface area contributed by atoms with E-state index in [-0.39, 0.29) is 18.0 Å². The largest absolute Gasteiger partial charge is 0.356 e. The molecule has 0 saturated carbocycles. The quantitative estimate of drug-likeness (QED) is 0.901. The summed E-state index contributed by atoms with van der Waals surface area (Å²) in [6.45, 7) is 2.95. The van der Waals surface area contributed by atoms with Gasteiger partial charge in [0.25, 0.3) is 0 Å². The van der Waals surface area contributed by atoms with Crippen molar-refractivity contribution in [3.05, 3.63) is 34.3 Å². The van der Waals surface area contributed by atoms with Gasteiger partial charge in [0.15, 0.2) is 0 Å². The molecule has 1 aliphatic rings. The SMILES string of the molecule is C[C@H](NC1CCCNC(=O)C1)c1ccc(Br)cc1. The maximum Gasteiger partial charge on any atom is 0.221 e. The first kappa shape index (κ1) is 13.6. The molecule has 1 unspecified atom stereocenters. The minimum atomic E-state index is 0.160. The predicted octanol–water partition coefficient (Wildman–Crippen LogP) is 2.77. The molecule has 0 aromatic heterocycles. The molecule has 3 nitrogen and oxygen atoms in total. The first-order chi connectivity index (χ1) is 8.65. The zero-order valence-corrected chi connectivity index (χ0v) is 12.2. The fourth-order valence-electron chi connectivity index (χ4n) is 2.32. The van der Waals surface area contributed by atoms with Crippen LogP contribution in [0.25, 0.3) is 0 Å². The second-order valence-electron chi connectivity index (χ2n) is 4.83. The molecule has 4 heteroatoms. The van der Waals surface area contributed by atoms with E-state index >= 15 is 0 Å². The highest BCUT2D eigenvalue weighted by molar-refractivity contribution is 9.10. The van der Waals surface area contributed by atoms with Crippen molar-refractivity contribution in [2.45, 2.75) is 38.3 Å². The number of rotatable bonds is 3. The smallest absolute Gasteiger partial charge is 0.221 e. The van der Waals surface area contributed by atoms with E-state index in [0.717, 1.165) is 23.9 Å². The Balaban J connectivity index is 1.95. The van der Waals surface area contributed by atoms with E-state index in [9.17, 15) is 4.79 Å². The van der Waals surface area contributed by atoms with E-state index in [1.807, 2.05) is 12.1 Å². The molecule has 1 aliphatic heterocycles. The summed E-state index contributed by atoms with van der Waals surface area (Å²) in [6.07, 6.45) is 2.69. The Morgan fingerprint density at radius 2 is 2.11 bits per heavy atom. The summed E-state index contributed by atoms with van der Waals surface area (Å²) in [5, 5.41) is 6.46. The first-order valence-electron chi connectivity index (χ1n) is 6.43. The van der Waals surface area contributed by atoms with Gasteiger partial charge in [0.05, 0.1) is 0 Å². The lowest BCUT2D eigenvalue weighted by Crippen LogP contribution is -2.34. The van der Waals surface area contributed by atoms with Crippen LogP contribution in [0.3, 0.4) is 0 Å². The van der Waals surface area contributed by atoms with Crippen molar-refractivity contribution in [1.82, 2.24) is 10.6 Å². The molecule has 0 bridgehead atoms. The molecule has 1 fully saturated rings. The number of halogens is 1. The van der Waals surface area contributed by atoms with Crippen molar-refractivity contribution < 1.29 is 4.79 Å². The van der Waals surface area contributed by atoms with Gasteiger partial charge < -0.3 is 10.6 Å². The van der Waals surface area contributed by atoms with E-state index in [1.165, 1.54) is 5.56 Å². The average molecular weight is 311 g/mol. The summed E-state index contributed by atoms with van der Waals surface area (Å²) in [5.74, 6) is 0.160. The molecule has 1 aromatic carbocycles. The van der Waals surface area contributed by atoms with Crippen LogP contribution in [0, 0.1) is 0 Å². The Bertz CT molecular complexity index is 405. The number of nitrogens with one attached hydrogen (secondary N) is 2. The Morgan fingerprint density at radius 3 is 2.83 bits per heavy atom. The molecule has 1 saturated heterocycles. The van der Waals surface area contributed by atoms with Gasteiger partial charge in [-0.1, -0.05) is 28.1 Å². The molecule has 18 heavy (non-hydrogen) atoms. The van der Waals surface area contributed by atoms with Gasteiger partial charge in [0.1, 0.15) is 0 Å². The standard InChI is InChI=1S/C14H19BrN2O/c1-10(11-4-6-12(15)7-5-11)17-13-3-2-8-16-14(18)9-13/h4-7,10,13,17H,2-3,8-9H2,1H3,(H,16,18)/t10-,13?/m0/s1. The monoisotopic (exact) mass is 310 g/mol. The number of benzene rings is 1. The van der Waals surface area contributed by atoms with Gasteiger partial charge in [-0.25, -0.2) is 0 Å². The second-order valence-corrected chi connectivity index (χ2v) is 5.75. The van der Waals surface area contributed by atoms with Crippen LogP contribution in [0.1, 0.15) is 37.8 Å². The normalized spacial score (nSPS) is 22.1. The summed E-state index contributed by atoms with van der Waals surface area (Å²) in [5.41, 5.74) is 1.25. The van der Waals surface area contributed by atoms with Crippen LogP contribution in [0.15, 0.2) is 28.7 Å². The maximum absolute atomic E-state index is 11.5. The van der Waals surface area contributed by atoms with Gasteiger partial charge in [-0.2, -0.15) is 0 Å². The topological polar surface area (TPSA) is 41.1 Å². The Kier molecular flexibility index (Phi) is 4.78. The van der Waals surface area contributed by atoms with Crippen molar-refractivity contribution in [3.8, 4) is 0 Å². The number of hydrogen-bond acceptors (Lipinski definition) is 2. The molecule has 2 rings (SSSR count). The van der Waals surface area contributed by atoms with Gasteiger partial charge in [-0.15, -0.1) is 0 Å². The van der Waals surface area contributed by atoms with Crippen molar-refractivity contribution in [3.63, 3.8) is 0 Å². The number of carbonyl (C=O) groups excluding carboxylic acids is 1. The van der Waals surface area contributed by atoms with E-state index < -0.39 is 0 Å². The van der Waals surface area contributed by atoms with Crippen LogP contribution < -0.4 is 10.6 Å². The van der Waals surface area contributed by atoms with Crippen LogP contribution in [0.4, 0.5) is 0 Å². The van der Waals surface area contributed by atoms with Crippen molar-refractivity contribution in [2.75, 3.05) is 6.54 Å². The van der Waals surface area contributed by atoms with Crippen molar-refractivity contribution in [2.24, 2.45) is 0 Å². The number of hydrogen-bond donors (Lipinski definition) is 2. The minimum Gasteiger partial charge on any atom is -0.356 e. The summed E-state index contributed by atoms with van der Waals surface area (Å²) < 4.78 is 1.09. The van der Waals surface area contributed by atoms with Gasteiger partial charge in [-0.05, 0) is 37.5 Å². The van der Waals surface area contributed by atoms with Gasteiger partial charge >= 0.3 is 0 Å². The van der Waals surface area contributed by atoms with E-state index in [4.69, 9.17) is 0 Å². The van der Waals surface area contributed by atoms with Gasteiger partial charge in [0, 0.05) is 29.5 Å². The molecular formula is C14H19BrN2O. The fourth-order valence-corrected chi connectivity index (χ4v) is 2.58. The summed E-state index contributed by atoms with van der Waals surface area (Å²) in [7, 11) is 0. The van der Waals surface area contributed by atoms with Crippen LogP contribution in [-0.2, 0) is 4.79 Å². The Labute approximate surface area is 116 Å². The third-order valence-electron chi connectivity index (χ3n) is 3.34. The van der Waals surface area contributed by atoms with Crippen LogP contribution in [0.2, 0.25) is 0 Å². The Hall–Kier alpha value is -0.870. The lowest BCUT2D eigenvalue weighted by Gasteiger charge is -2.21. The van der Waals surface area contributed by atoms with Crippen LogP contribution >= 0.6 is 15.9 Å². The lowest BCUT2D eigenvalue weighted by molar-refractivity contribution is -0.121. The maximum atomic E-state index is 11.5. The summed E-state index contributed by atoms with van der Waals surface area (Å²) in [6, 6.07) is 8.87. The third-order valence-corrected chi connectivity index (χ3v) is 3.87. The third kappa shape index (κ3) is 3.82. The summed E-state index contributed by atoms with van der Waals surface area (Å²) >= 11 is 3.44. The fraction of sp³-hybridized carbons (Fsp3) is 0.500. The molecule has 0 spiro atoms. The number of amides is 1. The van der Waals surface area contributed by atoms with Gasteiger partial charge in [-0.3, -0.25) is 4.79 Å². The summed E-state index contributed by atoms with van der Waals surface area (Å²) in [4.78, 5) is 11.5. The zero-order valence-electron chi connectivity index (χ0n) is 10.6.